The van der Waals surface area contributed by atoms with Gasteiger partial charge in [-0.15, -0.1) is 0 Å². The molecule has 2 heterocycles. The zero-order chi connectivity index (χ0) is 28.8. The summed E-state index contributed by atoms with van der Waals surface area (Å²) in [6, 6.07) is 26.4. The number of rotatable bonds is 10. The van der Waals surface area contributed by atoms with Gasteiger partial charge in [-0.05, 0) is 85.6 Å². The fourth-order valence-corrected chi connectivity index (χ4v) is 4.79. The number of hydrogen-bond acceptors (Lipinski definition) is 4. The van der Waals surface area contributed by atoms with E-state index in [4.69, 9.17) is 16.3 Å². The lowest BCUT2D eigenvalue weighted by molar-refractivity contribution is -0.118. The SMILES string of the molecule is Cc1ccc(C)c(Cn2c(C(=O)NCCc3ccccn3)cc3cc(NC(=O)COc4ccc(Cl)cc4)ccc32)c1. The number of halogens is 1. The van der Waals surface area contributed by atoms with Crippen LogP contribution in [-0.4, -0.2) is 34.5 Å². The van der Waals surface area contributed by atoms with Crippen LogP contribution in [0.1, 0.15) is 32.9 Å². The van der Waals surface area contributed by atoms with Gasteiger partial charge >= 0.3 is 0 Å². The molecule has 41 heavy (non-hydrogen) atoms. The molecule has 0 aliphatic heterocycles. The second kappa shape index (κ2) is 12.7. The van der Waals surface area contributed by atoms with Gasteiger partial charge in [0.25, 0.3) is 11.8 Å². The van der Waals surface area contributed by atoms with E-state index < -0.39 is 0 Å². The molecule has 2 aromatic heterocycles. The van der Waals surface area contributed by atoms with Crippen molar-refractivity contribution in [2.75, 3.05) is 18.5 Å². The first-order valence-electron chi connectivity index (χ1n) is 13.4. The number of benzene rings is 3. The standard InChI is InChI=1S/C33H31ClN4O3/c1-22-6-7-23(2)25(17-22)20-38-30-13-10-28(37-32(39)21-41-29-11-8-26(34)9-12-29)18-24(30)19-31(38)33(40)36-16-14-27-5-3-4-15-35-27/h3-13,15,17-19H,14,16,20-21H2,1-2H3,(H,36,40)(H,37,39). The zero-order valence-corrected chi connectivity index (χ0v) is 23.7. The van der Waals surface area contributed by atoms with Crippen molar-refractivity contribution < 1.29 is 14.3 Å². The van der Waals surface area contributed by atoms with E-state index in [1.165, 1.54) is 0 Å². The number of nitrogens with one attached hydrogen (secondary N) is 2. The van der Waals surface area contributed by atoms with E-state index in [2.05, 4.69) is 47.7 Å². The van der Waals surface area contributed by atoms with Crippen LogP contribution in [-0.2, 0) is 17.8 Å². The maximum atomic E-state index is 13.4. The highest BCUT2D eigenvalue weighted by molar-refractivity contribution is 6.30. The third-order valence-corrected chi connectivity index (χ3v) is 7.08. The van der Waals surface area contributed by atoms with E-state index in [9.17, 15) is 9.59 Å². The Balaban J connectivity index is 1.36. The largest absolute Gasteiger partial charge is 0.484 e. The maximum absolute atomic E-state index is 13.4. The summed E-state index contributed by atoms with van der Waals surface area (Å²) in [4.78, 5) is 30.3. The molecule has 0 fully saturated rings. The predicted molar refractivity (Wildman–Crippen MR) is 163 cm³/mol. The number of hydrogen-bond donors (Lipinski definition) is 2. The fourth-order valence-electron chi connectivity index (χ4n) is 4.67. The monoisotopic (exact) mass is 566 g/mol. The molecule has 0 saturated carbocycles. The van der Waals surface area contributed by atoms with E-state index in [0.29, 0.717) is 41.7 Å². The van der Waals surface area contributed by atoms with Crippen molar-refractivity contribution in [3.05, 3.63) is 124 Å². The highest BCUT2D eigenvalue weighted by atomic mass is 35.5. The molecule has 5 aromatic rings. The molecule has 0 spiro atoms. The predicted octanol–water partition coefficient (Wildman–Crippen LogP) is 6.34. The average molecular weight is 567 g/mol. The van der Waals surface area contributed by atoms with Gasteiger partial charge < -0.3 is 19.9 Å². The summed E-state index contributed by atoms with van der Waals surface area (Å²) in [5.41, 5.74) is 6.45. The van der Waals surface area contributed by atoms with Crippen molar-refractivity contribution in [2.24, 2.45) is 0 Å². The Kier molecular flexibility index (Phi) is 8.65. The lowest BCUT2D eigenvalue weighted by Gasteiger charge is -2.14. The minimum Gasteiger partial charge on any atom is -0.484 e. The molecule has 2 amide bonds. The van der Waals surface area contributed by atoms with Gasteiger partial charge in [0.2, 0.25) is 0 Å². The van der Waals surface area contributed by atoms with E-state index in [1.807, 2.05) is 47.0 Å². The molecule has 5 rings (SSSR count). The van der Waals surface area contributed by atoms with Crippen molar-refractivity contribution in [3.8, 4) is 5.75 Å². The summed E-state index contributed by atoms with van der Waals surface area (Å²) < 4.78 is 7.59. The van der Waals surface area contributed by atoms with Crippen LogP contribution >= 0.6 is 11.6 Å². The van der Waals surface area contributed by atoms with Crippen molar-refractivity contribution in [1.82, 2.24) is 14.9 Å². The second-order valence-corrected chi connectivity index (χ2v) is 10.4. The van der Waals surface area contributed by atoms with Crippen LogP contribution in [0.25, 0.3) is 10.9 Å². The highest BCUT2D eigenvalue weighted by Gasteiger charge is 2.17. The molecular formula is C33H31ClN4O3. The molecule has 0 saturated heterocycles. The van der Waals surface area contributed by atoms with Crippen molar-refractivity contribution in [2.45, 2.75) is 26.8 Å². The molecule has 0 unspecified atom stereocenters. The van der Waals surface area contributed by atoms with Gasteiger partial charge in [0, 0.05) is 53.0 Å². The smallest absolute Gasteiger partial charge is 0.267 e. The molecule has 0 radical (unpaired) electrons. The van der Waals surface area contributed by atoms with Crippen LogP contribution in [0.5, 0.6) is 5.75 Å². The summed E-state index contributed by atoms with van der Waals surface area (Å²) in [5, 5.41) is 7.38. The molecule has 0 aliphatic carbocycles. The molecular weight excluding hydrogens is 536 g/mol. The Hall–Kier alpha value is -4.62. The number of anilines is 1. The van der Waals surface area contributed by atoms with Gasteiger partial charge in [-0.25, -0.2) is 0 Å². The topological polar surface area (TPSA) is 85.3 Å². The quantitative estimate of drug-likeness (QED) is 0.206. The third-order valence-electron chi connectivity index (χ3n) is 6.83. The van der Waals surface area contributed by atoms with Gasteiger partial charge in [-0.3, -0.25) is 14.6 Å². The van der Waals surface area contributed by atoms with Gasteiger partial charge in [0.1, 0.15) is 11.4 Å². The van der Waals surface area contributed by atoms with Gasteiger partial charge in [0.05, 0.1) is 0 Å². The lowest BCUT2D eigenvalue weighted by Crippen LogP contribution is -2.28. The molecule has 8 heteroatoms. The number of pyridine rings is 1. The number of aromatic nitrogens is 2. The van der Waals surface area contributed by atoms with E-state index in [1.54, 1.807) is 30.5 Å². The molecule has 2 N–H and O–H groups in total. The van der Waals surface area contributed by atoms with Gasteiger partial charge in [-0.1, -0.05) is 41.4 Å². The Morgan fingerprint density at radius 2 is 1.78 bits per heavy atom. The zero-order valence-electron chi connectivity index (χ0n) is 23.0. The summed E-state index contributed by atoms with van der Waals surface area (Å²) in [6.07, 6.45) is 2.39. The summed E-state index contributed by atoms with van der Waals surface area (Å²) >= 11 is 5.91. The summed E-state index contributed by atoms with van der Waals surface area (Å²) in [7, 11) is 0. The Morgan fingerprint density at radius 1 is 0.951 bits per heavy atom. The first-order chi connectivity index (χ1) is 19.9. The lowest BCUT2D eigenvalue weighted by atomic mass is 10.1. The first kappa shape index (κ1) is 27.9. The number of amides is 2. The average Bonchev–Trinajstić information content (AvgIpc) is 3.32. The molecule has 0 atom stereocenters. The van der Waals surface area contributed by atoms with E-state index in [-0.39, 0.29) is 18.4 Å². The molecule has 0 bridgehead atoms. The van der Waals surface area contributed by atoms with E-state index >= 15 is 0 Å². The Labute approximate surface area is 244 Å². The number of fused-ring (bicyclic) bond motifs is 1. The number of carbonyl (C=O) groups is 2. The molecule has 3 aromatic carbocycles. The van der Waals surface area contributed by atoms with Crippen LogP contribution in [0.2, 0.25) is 5.02 Å². The van der Waals surface area contributed by atoms with Crippen LogP contribution in [0.15, 0.2) is 91.1 Å². The minimum atomic E-state index is -0.290. The van der Waals surface area contributed by atoms with Crippen LogP contribution < -0.4 is 15.4 Å². The number of carbonyl (C=O) groups excluding carboxylic acids is 2. The maximum Gasteiger partial charge on any atom is 0.267 e. The molecule has 0 aliphatic rings. The Morgan fingerprint density at radius 3 is 2.56 bits per heavy atom. The Bertz CT molecular complexity index is 1680. The minimum absolute atomic E-state index is 0.142. The normalized spacial score (nSPS) is 10.9. The number of ether oxygens (including phenoxy) is 1. The number of aryl methyl sites for hydroxylation is 2. The first-order valence-corrected chi connectivity index (χ1v) is 13.8. The van der Waals surface area contributed by atoms with Crippen molar-refractivity contribution in [3.63, 3.8) is 0 Å². The van der Waals surface area contributed by atoms with Crippen molar-refractivity contribution in [1.29, 1.82) is 0 Å². The summed E-state index contributed by atoms with van der Waals surface area (Å²) in [6.45, 7) is 5.01. The van der Waals surface area contributed by atoms with Gasteiger partial charge in [0.15, 0.2) is 6.61 Å². The van der Waals surface area contributed by atoms with Gasteiger partial charge in [-0.2, -0.15) is 0 Å². The van der Waals surface area contributed by atoms with Crippen LogP contribution in [0, 0.1) is 13.8 Å². The van der Waals surface area contributed by atoms with E-state index in [0.717, 1.165) is 33.3 Å². The van der Waals surface area contributed by atoms with Crippen LogP contribution in [0.4, 0.5) is 5.69 Å². The second-order valence-electron chi connectivity index (χ2n) is 9.94. The number of nitrogens with zero attached hydrogens (tertiary/aromatic N) is 2. The van der Waals surface area contributed by atoms with Crippen LogP contribution in [0.3, 0.4) is 0 Å². The summed E-state index contributed by atoms with van der Waals surface area (Å²) in [5.74, 6) is 0.105. The van der Waals surface area contributed by atoms with Crippen molar-refractivity contribution >= 4 is 40.0 Å². The fraction of sp³-hybridized carbons (Fsp3) is 0.182. The third kappa shape index (κ3) is 7.13. The molecule has 7 nitrogen and oxygen atoms in total. The molecule has 208 valence electrons. The highest BCUT2D eigenvalue weighted by Crippen LogP contribution is 2.26.